The number of rotatable bonds is 5. The van der Waals surface area contributed by atoms with Crippen LogP contribution >= 0.6 is 0 Å². The highest BCUT2D eigenvalue weighted by atomic mass is 17.5. The highest BCUT2D eigenvalue weighted by Crippen LogP contribution is 2.09. The number of aryl methyl sites for hydroxylation is 1. The van der Waals surface area contributed by atoms with Crippen molar-refractivity contribution in [3.05, 3.63) is 35.4 Å². The Balaban J connectivity index is 2.36. The molecule has 1 aromatic rings. The Bertz CT molecular complexity index is 443. The maximum absolute atomic E-state index is 11.5. The van der Waals surface area contributed by atoms with Gasteiger partial charge < -0.3 is 4.74 Å². The minimum atomic E-state index is -1.06. The zero-order valence-corrected chi connectivity index (χ0v) is 11.0. The summed E-state index contributed by atoms with van der Waals surface area (Å²) in [5.41, 5.74) is 1.04. The Morgan fingerprint density at radius 3 is 2.53 bits per heavy atom. The maximum Gasteiger partial charge on any atom is 0.543 e. The van der Waals surface area contributed by atoms with Gasteiger partial charge >= 0.3 is 12.1 Å². The normalized spacial score (nSPS) is 11.5. The molecular formula is C13H16O6. The summed E-state index contributed by atoms with van der Waals surface area (Å²) in [6.07, 6.45) is -0.729. The van der Waals surface area contributed by atoms with Gasteiger partial charge in [0.1, 0.15) is 6.10 Å². The van der Waals surface area contributed by atoms with E-state index in [0.717, 1.165) is 5.56 Å². The lowest BCUT2D eigenvalue weighted by Gasteiger charge is -2.08. The topological polar surface area (TPSA) is 71.1 Å². The van der Waals surface area contributed by atoms with E-state index in [-0.39, 0.29) is 6.10 Å². The van der Waals surface area contributed by atoms with Crippen LogP contribution in [0.4, 0.5) is 4.79 Å². The number of carbonyl (C=O) groups is 2. The fourth-order valence-electron chi connectivity index (χ4n) is 1.19. The third-order valence-electron chi connectivity index (χ3n) is 2.45. The van der Waals surface area contributed by atoms with E-state index < -0.39 is 12.1 Å². The molecule has 1 aromatic carbocycles. The Labute approximate surface area is 111 Å². The summed E-state index contributed by atoms with van der Waals surface area (Å²) in [6.45, 7) is 5.28. The molecule has 0 saturated heterocycles. The smallest absolute Gasteiger partial charge is 0.429 e. The van der Waals surface area contributed by atoms with E-state index in [1.165, 1.54) is 0 Å². The second kappa shape index (κ2) is 7.38. The zero-order valence-electron chi connectivity index (χ0n) is 11.0. The molecule has 104 valence electrons. The van der Waals surface area contributed by atoms with Crippen LogP contribution in [0, 0.1) is 6.92 Å². The van der Waals surface area contributed by atoms with Crippen LogP contribution in [0.2, 0.25) is 0 Å². The first-order chi connectivity index (χ1) is 9.04. The molecule has 1 unspecified atom stereocenters. The van der Waals surface area contributed by atoms with Crippen LogP contribution in [-0.4, -0.2) is 18.2 Å². The molecule has 0 saturated carbocycles. The fraction of sp³-hybridized carbons (Fsp3) is 0.385. The van der Waals surface area contributed by atoms with Crippen LogP contribution in [0.5, 0.6) is 0 Å². The molecule has 0 radical (unpaired) electrons. The van der Waals surface area contributed by atoms with Gasteiger partial charge in [-0.05, 0) is 31.9 Å². The van der Waals surface area contributed by atoms with Gasteiger partial charge in [-0.2, -0.15) is 0 Å². The van der Waals surface area contributed by atoms with Gasteiger partial charge in [-0.1, -0.05) is 25.1 Å². The molecule has 19 heavy (non-hydrogen) atoms. The van der Waals surface area contributed by atoms with E-state index in [9.17, 15) is 9.59 Å². The van der Waals surface area contributed by atoms with E-state index >= 15 is 0 Å². The Hall–Kier alpha value is -2.08. The molecule has 0 aliphatic heterocycles. The Morgan fingerprint density at radius 1 is 1.21 bits per heavy atom. The van der Waals surface area contributed by atoms with Gasteiger partial charge in [0.05, 0.1) is 10.6 Å². The average Bonchev–Trinajstić information content (AvgIpc) is 2.38. The Kier molecular flexibility index (Phi) is 5.81. The van der Waals surface area contributed by atoms with Crippen molar-refractivity contribution in [3.8, 4) is 0 Å². The van der Waals surface area contributed by atoms with Crippen molar-refractivity contribution in [3.63, 3.8) is 0 Å². The molecule has 0 aromatic heterocycles. The van der Waals surface area contributed by atoms with Crippen LogP contribution in [0.3, 0.4) is 0 Å². The number of carbonyl (C=O) groups excluding carboxylic acids is 2. The van der Waals surface area contributed by atoms with Gasteiger partial charge in [-0.25, -0.2) is 14.5 Å². The highest BCUT2D eigenvalue weighted by molar-refractivity contribution is 5.90. The summed E-state index contributed by atoms with van der Waals surface area (Å²) in [6, 6.07) is 6.78. The summed E-state index contributed by atoms with van der Waals surface area (Å²) in [7, 11) is 0. The highest BCUT2D eigenvalue weighted by Gasteiger charge is 2.15. The molecule has 1 rings (SSSR count). The van der Waals surface area contributed by atoms with Crippen molar-refractivity contribution < 1.29 is 29.1 Å². The minimum absolute atomic E-state index is 0.303. The predicted molar refractivity (Wildman–Crippen MR) is 65.0 cm³/mol. The molecule has 0 spiro atoms. The van der Waals surface area contributed by atoms with E-state index in [1.807, 2.05) is 6.92 Å². The average molecular weight is 268 g/mol. The molecule has 0 N–H and O–H groups in total. The summed E-state index contributed by atoms with van der Waals surface area (Å²) in [5, 5.41) is 4.09. The number of hydrogen-bond donors (Lipinski definition) is 0. The van der Waals surface area contributed by atoms with Gasteiger partial charge in [0, 0.05) is 0 Å². The second-order valence-electron chi connectivity index (χ2n) is 3.92. The quantitative estimate of drug-likeness (QED) is 0.464. The SMILES string of the molecule is CCC(C)OC(=O)OOOC(=O)c1ccccc1C. The van der Waals surface area contributed by atoms with E-state index in [2.05, 4.69) is 14.8 Å². The molecule has 0 bridgehead atoms. The van der Waals surface area contributed by atoms with Crippen molar-refractivity contribution in [2.45, 2.75) is 33.3 Å². The predicted octanol–water partition coefficient (Wildman–Crippen LogP) is 2.95. The number of benzene rings is 1. The van der Waals surface area contributed by atoms with Crippen LogP contribution in [-0.2, 0) is 19.6 Å². The molecular weight excluding hydrogens is 252 g/mol. The first-order valence-corrected chi connectivity index (χ1v) is 5.86. The second-order valence-corrected chi connectivity index (χ2v) is 3.92. The first-order valence-electron chi connectivity index (χ1n) is 5.86. The minimum Gasteiger partial charge on any atom is -0.429 e. The van der Waals surface area contributed by atoms with Crippen molar-refractivity contribution in [1.29, 1.82) is 0 Å². The lowest BCUT2D eigenvalue weighted by atomic mass is 10.1. The van der Waals surface area contributed by atoms with Gasteiger partial charge in [0.15, 0.2) is 0 Å². The molecule has 0 amide bonds. The Morgan fingerprint density at radius 2 is 1.89 bits per heavy atom. The lowest BCUT2D eigenvalue weighted by Crippen LogP contribution is -2.17. The van der Waals surface area contributed by atoms with Crippen molar-refractivity contribution in [2.24, 2.45) is 0 Å². The fourth-order valence-corrected chi connectivity index (χ4v) is 1.19. The van der Waals surface area contributed by atoms with Gasteiger partial charge in [-0.3, -0.25) is 4.89 Å². The van der Waals surface area contributed by atoms with Crippen molar-refractivity contribution >= 4 is 12.1 Å². The van der Waals surface area contributed by atoms with Crippen LogP contribution < -0.4 is 0 Å². The molecule has 0 heterocycles. The third-order valence-corrected chi connectivity index (χ3v) is 2.45. The van der Waals surface area contributed by atoms with E-state index in [4.69, 9.17) is 4.74 Å². The standard InChI is InChI=1S/C13H16O6/c1-4-10(3)16-13(15)18-19-17-12(14)11-8-6-5-7-9(11)2/h5-8,10H,4H2,1-3H3. The maximum atomic E-state index is 11.5. The van der Waals surface area contributed by atoms with E-state index in [1.54, 1.807) is 38.1 Å². The molecule has 6 heteroatoms. The van der Waals surface area contributed by atoms with E-state index in [0.29, 0.717) is 12.0 Å². The molecule has 6 nitrogen and oxygen atoms in total. The number of ether oxygens (including phenoxy) is 1. The molecule has 0 aliphatic rings. The van der Waals surface area contributed by atoms with Crippen molar-refractivity contribution in [1.82, 2.24) is 0 Å². The van der Waals surface area contributed by atoms with Crippen molar-refractivity contribution in [2.75, 3.05) is 0 Å². The summed E-state index contributed by atoms with van der Waals surface area (Å²) in [4.78, 5) is 31.1. The van der Waals surface area contributed by atoms with Crippen LogP contribution in [0.15, 0.2) is 24.3 Å². The largest absolute Gasteiger partial charge is 0.543 e. The summed E-state index contributed by atoms with van der Waals surface area (Å²) < 4.78 is 4.73. The lowest BCUT2D eigenvalue weighted by molar-refractivity contribution is -0.452. The summed E-state index contributed by atoms with van der Waals surface area (Å²) >= 11 is 0. The first kappa shape index (κ1) is 15.0. The van der Waals surface area contributed by atoms with Crippen LogP contribution in [0.1, 0.15) is 36.2 Å². The third kappa shape index (κ3) is 4.97. The molecule has 1 atom stereocenters. The van der Waals surface area contributed by atoms with Gasteiger partial charge in [0.2, 0.25) is 0 Å². The van der Waals surface area contributed by atoms with Crippen LogP contribution in [0.25, 0.3) is 0 Å². The number of hydrogen-bond acceptors (Lipinski definition) is 6. The summed E-state index contributed by atoms with van der Waals surface area (Å²) in [5.74, 6) is -0.755. The monoisotopic (exact) mass is 268 g/mol. The van der Waals surface area contributed by atoms with Gasteiger partial charge in [0.25, 0.3) is 0 Å². The molecule has 0 fully saturated rings. The molecule has 0 aliphatic carbocycles. The van der Waals surface area contributed by atoms with Gasteiger partial charge in [-0.15, -0.1) is 0 Å². The zero-order chi connectivity index (χ0) is 14.3.